The first-order chi connectivity index (χ1) is 8.76. The van der Waals surface area contributed by atoms with E-state index in [0.29, 0.717) is 19.1 Å². The highest BCUT2D eigenvalue weighted by Crippen LogP contribution is 2.19. The smallest absolute Gasteiger partial charge is 0.121 e. The average Bonchev–Trinajstić information content (AvgIpc) is 2.35. The molecule has 1 unspecified atom stereocenters. The molecule has 0 aliphatic rings. The van der Waals surface area contributed by atoms with Crippen LogP contribution in [-0.4, -0.2) is 12.6 Å². The van der Waals surface area contributed by atoms with Crippen molar-refractivity contribution in [2.24, 2.45) is 0 Å². The van der Waals surface area contributed by atoms with Crippen molar-refractivity contribution in [2.45, 2.75) is 45.6 Å². The minimum atomic E-state index is 0.476. The fraction of sp³-hybridized carbons (Fsp3) is 0.533. The van der Waals surface area contributed by atoms with Gasteiger partial charge in [-0.25, -0.2) is 0 Å². The van der Waals surface area contributed by atoms with E-state index < -0.39 is 0 Å². The van der Waals surface area contributed by atoms with Crippen molar-refractivity contribution in [1.29, 1.82) is 5.26 Å². The van der Waals surface area contributed by atoms with Gasteiger partial charge in [0.2, 0.25) is 0 Å². The zero-order valence-electron chi connectivity index (χ0n) is 11.3. The van der Waals surface area contributed by atoms with Crippen LogP contribution < -0.4 is 10.1 Å². The summed E-state index contributed by atoms with van der Waals surface area (Å²) in [6, 6.07) is 10.6. The summed E-state index contributed by atoms with van der Waals surface area (Å²) in [6.07, 6.45) is 3.66. The molecule has 0 saturated heterocycles. The van der Waals surface area contributed by atoms with Crippen LogP contribution in [0.4, 0.5) is 5.69 Å². The second-order valence-corrected chi connectivity index (χ2v) is 4.47. The zero-order valence-corrected chi connectivity index (χ0v) is 11.3. The minimum Gasteiger partial charge on any atom is -0.493 e. The van der Waals surface area contributed by atoms with Crippen molar-refractivity contribution in [2.75, 3.05) is 11.9 Å². The first kappa shape index (κ1) is 14.4. The van der Waals surface area contributed by atoms with Crippen molar-refractivity contribution >= 4 is 5.69 Å². The van der Waals surface area contributed by atoms with E-state index >= 15 is 0 Å². The summed E-state index contributed by atoms with van der Waals surface area (Å²) in [4.78, 5) is 0. The van der Waals surface area contributed by atoms with E-state index in [2.05, 4.69) is 25.2 Å². The second-order valence-electron chi connectivity index (χ2n) is 4.47. The van der Waals surface area contributed by atoms with Crippen LogP contribution in [0.25, 0.3) is 0 Å². The third kappa shape index (κ3) is 5.58. The molecule has 0 heterocycles. The van der Waals surface area contributed by atoms with Gasteiger partial charge in [-0.2, -0.15) is 5.26 Å². The first-order valence-electron chi connectivity index (χ1n) is 6.62. The molecule has 0 fully saturated rings. The molecular weight excluding hydrogens is 224 g/mol. The number of hydrogen-bond acceptors (Lipinski definition) is 3. The Hall–Kier alpha value is -1.69. The Kier molecular flexibility index (Phi) is 6.71. The normalized spacial score (nSPS) is 11.6. The Balaban J connectivity index is 2.44. The Morgan fingerprint density at radius 1 is 1.44 bits per heavy atom. The number of nitrogens with zero attached hydrogens (tertiary/aromatic N) is 1. The van der Waals surface area contributed by atoms with Gasteiger partial charge in [-0.1, -0.05) is 19.4 Å². The van der Waals surface area contributed by atoms with E-state index in [4.69, 9.17) is 10.00 Å². The van der Waals surface area contributed by atoms with Crippen LogP contribution in [0, 0.1) is 11.3 Å². The Morgan fingerprint density at radius 3 is 3.00 bits per heavy atom. The van der Waals surface area contributed by atoms with Gasteiger partial charge in [0, 0.05) is 24.2 Å². The highest BCUT2D eigenvalue weighted by molar-refractivity contribution is 5.48. The van der Waals surface area contributed by atoms with Crippen molar-refractivity contribution in [3.63, 3.8) is 0 Å². The highest BCUT2D eigenvalue weighted by atomic mass is 16.5. The first-order valence-corrected chi connectivity index (χ1v) is 6.62. The number of anilines is 1. The number of ether oxygens (including phenoxy) is 1. The molecule has 98 valence electrons. The molecule has 0 spiro atoms. The summed E-state index contributed by atoms with van der Waals surface area (Å²) < 4.78 is 5.60. The standard InChI is InChI=1S/C15H22N2O/c1-3-7-13(2)17-14-8-6-9-15(12-14)18-11-5-4-10-16/h6,8-9,12-13,17H,3-5,7,11H2,1-2H3. The largest absolute Gasteiger partial charge is 0.493 e. The van der Waals surface area contributed by atoms with E-state index in [9.17, 15) is 0 Å². The van der Waals surface area contributed by atoms with Gasteiger partial charge in [0.25, 0.3) is 0 Å². The SMILES string of the molecule is CCCC(C)Nc1cccc(OCCCC#N)c1. The fourth-order valence-electron chi connectivity index (χ4n) is 1.81. The number of rotatable bonds is 8. The van der Waals surface area contributed by atoms with E-state index in [0.717, 1.165) is 24.3 Å². The molecule has 1 aromatic carbocycles. The maximum absolute atomic E-state index is 8.44. The summed E-state index contributed by atoms with van der Waals surface area (Å²) in [5.41, 5.74) is 1.09. The third-order valence-electron chi connectivity index (χ3n) is 2.67. The van der Waals surface area contributed by atoms with Crippen LogP contribution in [-0.2, 0) is 0 Å². The van der Waals surface area contributed by atoms with E-state index in [-0.39, 0.29) is 0 Å². The second kappa shape index (κ2) is 8.41. The predicted octanol–water partition coefficient (Wildman–Crippen LogP) is 3.97. The van der Waals surface area contributed by atoms with Gasteiger partial charge < -0.3 is 10.1 Å². The quantitative estimate of drug-likeness (QED) is 0.706. The molecule has 0 aliphatic carbocycles. The molecule has 0 aliphatic heterocycles. The summed E-state index contributed by atoms with van der Waals surface area (Å²) in [7, 11) is 0. The van der Waals surface area contributed by atoms with Gasteiger partial charge in [0.05, 0.1) is 12.7 Å². The monoisotopic (exact) mass is 246 g/mol. The zero-order chi connectivity index (χ0) is 13.2. The van der Waals surface area contributed by atoms with Gasteiger partial charge >= 0.3 is 0 Å². The van der Waals surface area contributed by atoms with Gasteiger partial charge in [0.1, 0.15) is 5.75 Å². The fourth-order valence-corrected chi connectivity index (χ4v) is 1.81. The molecule has 3 nitrogen and oxygen atoms in total. The van der Waals surface area contributed by atoms with Crippen LogP contribution in [0.15, 0.2) is 24.3 Å². The van der Waals surface area contributed by atoms with Gasteiger partial charge in [0.15, 0.2) is 0 Å². The Morgan fingerprint density at radius 2 is 2.28 bits per heavy atom. The molecule has 1 atom stereocenters. The van der Waals surface area contributed by atoms with Crippen LogP contribution >= 0.6 is 0 Å². The molecule has 0 amide bonds. The number of nitriles is 1. The van der Waals surface area contributed by atoms with Crippen molar-refractivity contribution in [1.82, 2.24) is 0 Å². The maximum Gasteiger partial charge on any atom is 0.121 e. The molecule has 18 heavy (non-hydrogen) atoms. The summed E-state index contributed by atoms with van der Waals surface area (Å²) in [6.45, 7) is 4.97. The summed E-state index contributed by atoms with van der Waals surface area (Å²) >= 11 is 0. The predicted molar refractivity (Wildman–Crippen MR) is 74.8 cm³/mol. The van der Waals surface area contributed by atoms with Gasteiger partial charge in [-0.3, -0.25) is 0 Å². The molecule has 1 N–H and O–H groups in total. The average molecular weight is 246 g/mol. The molecule has 3 heteroatoms. The summed E-state index contributed by atoms with van der Waals surface area (Å²) in [5.74, 6) is 0.863. The van der Waals surface area contributed by atoms with Crippen LogP contribution in [0.5, 0.6) is 5.75 Å². The van der Waals surface area contributed by atoms with Crippen LogP contribution in [0.3, 0.4) is 0 Å². The molecule has 0 saturated carbocycles. The van der Waals surface area contributed by atoms with Crippen molar-refractivity contribution in [3.05, 3.63) is 24.3 Å². The third-order valence-corrected chi connectivity index (χ3v) is 2.67. The van der Waals surface area contributed by atoms with Gasteiger partial charge in [-0.05, 0) is 31.9 Å². The van der Waals surface area contributed by atoms with E-state index in [1.165, 1.54) is 6.42 Å². The number of unbranched alkanes of at least 4 members (excludes halogenated alkanes) is 1. The van der Waals surface area contributed by atoms with Crippen LogP contribution in [0.1, 0.15) is 39.5 Å². The number of hydrogen-bond donors (Lipinski definition) is 1. The lowest BCUT2D eigenvalue weighted by atomic mass is 10.2. The topological polar surface area (TPSA) is 45.0 Å². The Labute approximate surface area is 110 Å². The van der Waals surface area contributed by atoms with E-state index in [1.807, 2.05) is 24.3 Å². The number of benzene rings is 1. The lowest BCUT2D eigenvalue weighted by molar-refractivity contribution is 0.313. The Bertz CT molecular complexity index is 384. The van der Waals surface area contributed by atoms with Crippen molar-refractivity contribution < 1.29 is 4.74 Å². The maximum atomic E-state index is 8.44. The lowest BCUT2D eigenvalue weighted by Gasteiger charge is -2.15. The van der Waals surface area contributed by atoms with Crippen molar-refractivity contribution in [3.8, 4) is 11.8 Å². The highest BCUT2D eigenvalue weighted by Gasteiger charge is 2.01. The van der Waals surface area contributed by atoms with E-state index in [1.54, 1.807) is 0 Å². The molecule has 0 radical (unpaired) electrons. The van der Waals surface area contributed by atoms with Gasteiger partial charge in [-0.15, -0.1) is 0 Å². The molecule has 0 aromatic heterocycles. The molecule has 0 bridgehead atoms. The van der Waals surface area contributed by atoms with Crippen LogP contribution in [0.2, 0.25) is 0 Å². The lowest BCUT2D eigenvalue weighted by Crippen LogP contribution is -2.14. The molecule has 1 aromatic rings. The summed E-state index contributed by atoms with van der Waals surface area (Å²) in [5, 5.41) is 11.9. The molecular formula is C15H22N2O. The minimum absolute atomic E-state index is 0.476. The number of nitrogens with one attached hydrogen (secondary N) is 1. The molecule has 1 rings (SSSR count).